The van der Waals surface area contributed by atoms with Crippen LogP contribution in [0.25, 0.3) is 0 Å². The summed E-state index contributed by atoms with van der Waals surface area (Å²) in [5, 5.41) is 13.7. The molecule has 0 aliphatic carbocycles. The van der Waals surface area contributed by atoms with Gasteiger partial charge in [-0.15, -0.1) is 11.6 Å². The highest BCUT2D eigenvalue weighted by atomic mass is 35.5. The van der Waals surface area contributed by atoms with Gasteiger partial charge >= 0.3 is 0 Å². The number of hydrogen-bond acceptors (Lipinski definition) is 3. The highest BCUT2D eigenvalue weighted by Gasteiger charge is 2.20. The second-order valence-electron chi connectivity index (χ2n) is 3.97. The Labute approximate surface area is 121 Å². The van der Waals surface area contributed by atoms with Crippen molar-refractivity contribution in [3.8, 4) is 0 Å². The maximum absolute atomic E-state index is 11.8. The molecule has 0 aliphatic heterocycles. The fourth-order valence-electron chi connectivity index (χ4n) is 1.49. The molecule has 7 heteroatoms. The summed E-state index contributed by atoms with van der Waals surface area (Å²) in [6, 6.07) is 3.94. The molecule has 0 aliphatic rings. The lowest BCUT2D eigenvalue weighted by molar-refractivity contribution is -0.385. The van der Waals surface area contributed by atoms with Gasteiger partial charge in [0.1, 0.15) is 5.56 Å². The van der Waals surface area contributed by atoms with E-state index >= 15 is 0 Å². The van der Waals surface area contributed by atoms with Crippen molar-refractivity contribution >= 4 is 34.8 Å². The van der Waals surface area contributed by atoms with E-state index in [9.17, 15) is 14.9 Å². The van der Waals surface area contributed by atoms with Crippen molar-refractivity contribution in [2.24, 2.45) is 0 Å². The molecule has 0 aromatic heterocycles. The number of alkyl halides is 1. The van der Waals surface area contributed by atoms with Crippen LogP contribution in [-0.2, 0) is 0 Å². The van der Waals surface area contributed by atoms with Crippen molar-refractivity contribution in [1.29, 1.82) is 0 Å². The molecule has 1 rings (SSSR count). The van der Waals surface area contributed by atoms with Crippen LogP contribution in [0.5, 0.6) is 0 Å². The van der Waals surface area contributed by atoms with Crippen molar-refractivity contribution in [2.45, 2.75) is 25.1 Å². The van der Waals surface area contributed by atoms with E-state index in [4.69, 9.17) is 23.2 Å². The maximum atomic E-state index is 11.8. The largest absolute Gasteiger partial charge is 0.352 e. The van der Waals surface area contributed by atoms with Crippen molar-refractivity contribution in [3.63, 3.8) is 0 Å². The van der Waals surface area contributed by atoms with Gasteiger partial charge in [-0.2, -0.15) is 0 Å². The Bertz CT molecular complexity index is 480. The number of rotatable bonds is 6. The third kappa shape index (κ3) is 4.69. The zero-order chi connectivity index (χ0) is 14.4. The maximum Gasteiger partial charge on any atom is 0.283 e. The molecule has 0 spiro atoms. The molecule has 1 N–H and O–H groups in total. The summed E-state index contributed by atoms with van der Waals surface area (Å²) in [6.45, 7) is 2.32. The van der Waals surface area contributed by atoms with E-state index < -0.39 is 10.8 Å². The summed E-state index contributed by atoms with van der Waals surface area (Å²) in [5.74, 6) is -0.497. The molecule has 5 nitrogen and oxygen atoms in total. The standard InChI is InChI=1S/C12H14Cl2N2O3/c1-2-8(13)5-6-15-12(17)10-4-3-9(14)7-11(10)16(18)19/h3-4,7-8H,2,5-6H2,1H3,(H,15,17). The smallest absolute Gasteiger partial charge is 0.283 e. The predicted molar refractivity (Wildman–Crippen MR) is 75.0 cm³/mol. The van der Waals surface area contributed by atoms with Gasteiger partial charge in [0.2, 0.25) is 0 Å². The van der Waals surface area contributed by atoms with Crippen molar-refractivity contribution in [1.82, 2.24) is 5.32 Å². The van der Waals surface area contributed by atoms with E-state index in [2.05, 4.69) is 5.32 Å². The number of nitro benzene ring substituents is 1. The van der Waals surface area contributed by atoms with E-state index in [0.717, 1.165) is 12.5 Å². The number of amides is 1. The predicted octanol–water partition coefficient (Wildman–Crippen LogP) is 3.39. The lowest BCUT2D eigenvalue weighted by Gasteiger charge is -2.08. The number of carbonyl (C=O) groups is 1. The fourth-order valence-corrected chi connectivity index (χ4v) is 1.76. The molecule has 1 aromatic carbocycles. The Morgan fingerprint density at radius 3 is 2.79 bits per heavy atom. The van der Waals surface area contributed by atoms with Gasteiger partial charge in [-0.3, -0.25) is 14.9 Å². The van der Waals surface area contributed by atoms with Gasteiger partial charge < -0.3 is 5.32 Å². The molecule has 1 aromatic rings. The van der Waals surface area contributed by atoms with E-state index in [-0.39, 0.29) is 21.7 Å². The topological polar surface area (TPSA) is 72.2 Å². The van der Waals surface area contributed by atoms with Crippen LogP contribution in [0.1, 0.15) is 30.1 Å². The first kappa shape index (κ1) is 15.7. The molecule has 0 radical (unpaired) electrons. The fraction of sp³-hybridized carbons (Fsp3) is 0.417. The number of carbonyl (C=O) groups excluding carboxylic acids is 1. The monoisotopic (exact) mass is 304 g/mol. The number of hydrogen-bond donors (Lipinski definition) is 1. The summed E-state index contributed by atoms with van der Waals surface area (Å²) >= 11 is 11.6. The summed E-state index contributed by atoms with van der Waals surface area (Å²) in [4.78, 5) is 22.1. The third-order valence-corrected chi connectivity index (χ3v) is 3.35. The van der Waals surface area contributed by atoms with Gasteiger partial charge in [0.25, 0.3) is 11.6 Å². The molecule has 0 saturated carbocycles. The summed E-state index contributed by atoms with van der Waals surface area (Å²) in [7, 11) is 0. The number of nitrogens with one attached hydrogen (secondary N) is 1. The van der Waals surface area contributed by atoms with Crippen molar-refractivity contribution < 1.29 is 9.72 Å². The first-order valence-electron chi connectivity index (χ1n) is 5.82. The van der Waals surface area contributed by atoms with Crippen LogP contribution in [0.3, 0.4) is 0 Å². The molecular formula is C12H14Cl2N2O3. The van der Waals surface area contributed by atoms with Gasteiger partial charge in [0.05, 0.1) is 4.92 Å². The number of halogens is 2. The van der Waals surface area contributed by atoms with Crippen LogP contribution in [0.2, 0.25) is 5.02 Å². The molecule has 0 heterocycles. The Kier molecular flexibility index (Phi) is 6.05. The normalized spacial score (nSPS) is 11.9. The van der Waals surface area contributed by atoms with Gasteiger partial charge in [-0.25, -0.2) is 0 Å². The molecule has 1 amide bonds. The van der Waals surface area contributed by atoms with Crippen LogP contribution in [0.15, 0.2) is 18.2 Å². The lowest BCUT2D eigenvalue weighted by Crippen LogP contribution is -2.26. The molecule has 104 valence electrons. The zero-order valence-corrected chi connectivity index (χ0v) is 11.9. The Morgan fingerprint density at radius 2 is 2.21 bits per heavy atom. The SMILES string of the molecule is CCC(Cl)CCNC(=O)c1ccc(Cl)cc1[N+](=O)[O-]. The summed E-state index contributed by atoms with van der Waals surface area (Å²) in [5.41, 5.74) is -0.306. The second-order valence-corrected chi connectivity index (χ2v) is 5.02. The molecule has 19 heavy (non-hydrogen) atoms. The quantitative estimate of drug-likeness (QED) is 0.497. The van der Waals surface area contributed by atoms with Crippen LogP contribution < -0.4 is 5.32 Å². The van der Waals surface area contributed by atoms with Crippen LogP contribution in [0, 0.1) is 10.1 Å². The first-order valence-corrected chi connectivity index (χ1v) is 6.63. The van der Waals surface area contributed by atoms with Gasteiger partial charge in [0, 0.05) is 23.0 Å². The minimum atomic E-state index is -0.628. The van der Waals surface area contributed by atoms with Crippen LogP contribution >= 0.6 is 23.2 Å². The minimum absolute atomic E-state index is 0.00276. The van der Waals surface area contributed by atoms with Gasteiger partial charge in [-0.1, -0.05) is 18.5 Å². The highest BCUT2D eigenvalue weighted by molar-refractivity contribution is 6.31. The first-order chi connectivity index (χ1) is 8.95. The summed E-state index contributed by atoms with van der Waals surface area (Å²) in [6.07, 6.45) is 1.42. The van der Waals surface area contributed by atoms with E-state index in [1.54, 1.807) is 0 Å². The average molecular weight is 305 g/mol. The third-order valence-electron chi connectivity index (χ3n) is 2.59. The zero-order valence-electron chi connectivity index (χ0n) is 10.4. The molecule has 1 unspecified atom stereocenters. The molecule has 0 bridgehead atoms. The van der Waals surface area contributed by atoms with Gasteiger partial charge in [-0.05, 0) is 25.0 Å². The Hall–Kier alpha value is -1.33. The molecule has 0 fully saturated rings. The summed E-state index contributed by atoms with van der Waals surface area (Å²) < 4.78 is 0. The van der Waals surface area contributed by atoms with E-state index in [1.807, 2.05) is 6.92 Å². The highest BCUT2D eigenvalue weighted by Crippen LogP contribution is 2.23. The number of benzene rings is 1. The van der Waals surface area contributed by atoms with Crippen molar-refractivity contribution in [3.05, 3.63) is 38.9 Å². The molecule has 0 saturated heterocycles. The van der Waals surface area contributed by atoms with E-state index in [1.165, 1.54) is 12.1 Å². The molecule has 1 atom stereocenters. The second kappa shape index (κ2) is 7.31. The lowest BCUT2D eigenvalue weighted by atomic mass is 10.1. The molecular weight excluding hydrogens is 291 g/mol. The minimum Gasteiger partial charge on any atom is -0.352 e. The average Bonchev–Trinajstić information content (AvgIpc) is 2.38. The Morgan fingerprint density at radius 1 is 1.53 bits per heavy atom. The van der Waals surface area contributed by atoms with E-state index in [0.29, 0.717) is 13.0 Å². The van der Waals surface area contributed by atoms with Crippen LogP contribution in [0.4, 0.5) is 5.69 Å². The number of nitrogens with zero attached hydrogens (tertiary/aromatic N) is 1. The van der Waals surface area contributed by atoms with Crippen LogP contribution in [-0.4, -0.2) is 22.8 Å². The number of nitro groups is 1. The Balaban J connectivity index is 2.74. The van der Waals surface area contributed by atoms with Gasteiger partial charge in [0.15, 0.2) is 0 Å². The van der Waals surface area contributed by atoms with Crippen molar-refractivity contribution in [2.75, 3.05) is 6.54 Å².